The topological polar surface area (TPSA) is 58.9 Å². The van der Waals surface area contributed by atoms with Gasteiger partial charge in [0.25, 0.3) is 5.79 Å². The third kappa shape index (κ3) is 1.95. The zero-order valence-electron chi connectivity index (χ0n) is 15.9. The van der Waals surface area contributed by atoms with Crippen LogP contribution in [-0.4, -0.2) is 10.2 Å². The van der Waals surface area contributed by atoms with Crippen molar-refractivity contribution in [2.24, 2.45) is 0 Å². The van der Waals surface area contributed by atoms with Gasteiger partial charge in [-0.15, -0.1) is 0 Å². The van der Waals surface area contributed by atoms with Crippen molar-refractivity contribution < 1.29 is 19.7 Å². The molecule has 2 N–H and O–H groups in total. The molecule has 0 aliphatic carbocycles. The third-order valence-corrected chi connectivity index (χ3v) is 6.10. The summed E-state index contributed by atoms with van der Waals surface area (Å²) in [7, 11) is 0. The highest BCUT2D eigenvalue weighted by Gasteiger charge is 2.70. The van der Waals surface area contributed by atoms with E-state index in [9.17, 15) is 10.2 Å². The SMILES string of the molecule is Oc1ccc2c(c1)OC1(c3ccccc3)Oc3cc(O)ccc3C21c1ccccc1. The first-order valence-corrected chi connectivity index (χ1v) is 9.81. The fourth-order valence-corrected chi connectivity index (χ4v) is 4.97. The Labute approximate surface area is 173 Å². The van der Waals surface area contributed by atoms with Crippen LogP contribution in [0.15, 0.2) is 97.1 Å². The number of hydrogen-bond donors (Lipinski definition) is 2. The fraction of sp³-hybridized carbons (Fsp3) is 0.0769. The van der Waals surface area contributed by atoms with Crippen LogP contribution in [-0.2, 0) is 11.2 Å². The van der Waals surface area contributed by atoms with Crippen LogP contribution in [0.3, 0.4) is 0 Å². The van der Waals surface area contributed by atoms with Gasteiger partial charge in [0.2, 0.25) is 0 Å². The van der Waals surface area contributed by atoms with E-state index in [0.717, 1.165) is 22.3 Å². The van der Waals surface area contributed by atoms with E-state index in [1.54, 1.807) is 24.3 Å². The molecule has 0 amide bonds. The lowest BCUT2D eigenvalue weighted by molar-refractivity contribution is -0.119. The van der Waals surface area contributed by atoms with Crippen molar-refractivity contribution in [2.45, 2.75) is 11.2 Å². The molecule has 2 heterocycles. The quantitative estimate of drug-likeness (QED) is 0.498. The van der Waals surface area contributed by atoms with Crippen LogP contribution in [0.5, 0.6) is 23.0 Å². The summed E-state index contributed by atoms with van der Waals surface area (Å²) in [5.41, 5.74) is 2.84. The lowest BCUT2D eigenvalue weighted by atomic mass is 9.64. The van der Waals surface area contributed by atoms with Gasteiger partial charge >= 0.3 is 0 Å². The number of fused-ring (bicyclic) bond motifs is 5. The molecule has 0 fully saturated rings. The number of ether oxygens (including phenoxy) is 2. The second-order valence-electron chi connectivity index (χ2n) is 7.66. The highest BCUT2D eigenvalue weighted by Crippen LogP contribution is 2.67. The van der Waals surface area contributed by atoms with E-state index in [0.29, 0.717) is 11.5 Å². The summed E-state index contributed by atoms with van der Waals surface area (Å²) >= 11 is 0. The molecule has 4 aromatic carbocycles. The average molecular weight is 394 g/mol. The molecule has 0 radical (unpaired) electrons. The summed E-state index contributed by atoms with van der Waals surface area (Å²) in [6, 6.07) is 30.3. The van der Waals surface area contributed by atoms with E-state index in [4.69, 9.17) is 9.47 Å². The van der Waals surface area contributed by atoms with Gasteiger partial charge in [-0.05, 0) is 17.7 Å². The van der Waals surface area contributed by atoms with Crippen molar-refractivity contribution >= 4 is 0 Å². The number of benzene rings is 4. The molecule has 0 saturated carbocycles. The summed E-state index contributed by atoms with van der Waals surface area (Å²) in [6.07, 6.45) is 0. The maximum atomic E-state index is 10.1. The smallest absolute Gasteiger partial charge is 0.296 e. The van der Waals surface area contributed by atoms with Gasteiger partial charge in [-0.2, -0.15) is 0 Å². The first-order valence-electron chi connectivity index (χ1n) is 9.81. The van der Waals surface area contributed by atoms with Crippen LogP contribution in [0.2, 0.25) is 0 Å². The minimum atomic E-state index is -1.22. The third-order valence-electron chi connectivity index (χ3n) is 6.10. The molecule has 0 spiro atoms. The standard InChI is InChI=1S/C26H18O4/c27-19-11-13-21-23(15-19)29-26(18-9-5-2-6-10-18)25(21,17-7-3-1-4-8-17)22-14-12-20(28)16-24(22)30-26/h1-16,27-28H. The van der Waals surface area contributed by atoms with Crippen LogP contribution < -0.4 is 9.47 Å². The lowest BCUT2D eigenvalue weighted by Crippen LogP contribution is -2.50. The van der Waals surface area contributed by atoms with Gasteiger partial charge < -0.3 is 19.7 Å². The second-order valence-corrected chi connectivity index (χ2v) is 7.66. The molecule has 2 aliphatic heterocycles. The summed E-state index contributed by atoms with van der Waals surface area (Å²) < 4.78 is 13.2. The molecule has 6 rings (SSSR count). The molecule has 146 valence electrons. The van der Waals surface area contributed by atoms with Gasteiger partial charge in [-0.1, -0.05) is 72.8 Å². The van der Waals surface area contributed by atoms with E-state index < -0.39 is 11.2 Å². The van der Waals surface area contributed by atoms with Crippen molar-refractivity contribution in [1.82, 2.24) is 0 Å². The molecule has 0 saturated heterocycles. The van der Waals surface area contributed by atoms with Gasteiger partial charge in [-0.25, -0.2) is 0 Å². The maximum absolute atomic E-state index is 10.1. The van der Waals surface area contributed by atoms with E-state index in [1.165, 1.54) is 0 Å². The number of phenols is 2. The monoisotopic (exact) mass is 394 g/mol. The van der Waals surface area contributed by atoms with Crippen LogP contribution in [0.4, 0.5) is 0 Å². The molecule has 4 aromatic rings. The Bertz CT molecular complexity index is 1210. The normalized spacial score (nSPS) is 23.1. The molecule has 2 aliphatic rings. The Kier molecular flexibility index (Phi) is 3.28. The van der Waals surface area contributed by atoms with Crippen molar-refractivity contribution in [1.29, 1.82) is 0 Å². The highest BCUT2D eigenvalue weighted by molar-refractivity contribution is 5.70. The second kappa shape index (κ2) is 5.80. The molecule has 0 atom stereocenters. The van der Waals surface area contributed by atoms with Crippen LogP contribution in [0, 0.1) is 0 Å². The largest absolute Gasteiger partial charge is 0.508 e. The predicted molar refractivity (Wildman–Crippen MR) is 112 cm³/mol. The Morgan fingerprint density at radius 2 is 1.00 bits per heavy atom. The summed E-state index contributed by atoms with van der Waals surface area (Å²) in [4.78, 5) is 0. The number of phenolic OH excluding ortho intramolecular Hbond substituents is 2. The number of rotatable bonds is 2. The Morgan fingerprint density at radius 3 is 1.50 bits per heavy atom. The van der Waals surface area contributed by atoms with Crippen molar-refractivity contribution in [3.8, 4) is 23.0 Å². The molecule has 0 aromatic heterocycles. The Balaban J connectivity index is 1.79. The Hall–Kier alpha value is -3.92. The van der Waals surface area contributed by atoms with Gasteiger partial charge in [0.1, 0.15) is 28.4 Å². The number of aromatic hydroxyl groups is 2. The summed E-state index contributed by atoms with van der Waals surface area (Å²) in [6.45, 7) is 0. The van der Waals surface area contributed by atoms with E-state index >= 15 is 0 Å². The van der Waals surface area contributed by atoms with Gasteiger partial charge in [0.15, 0.2) is 0 Å². The fourth-order valence-electron chi connectivity index (χ4n) is 4.97. The molecule has 0 bridgehead atoms. The Morgan fingerprint density at radius 1 is 0.533 bits per heavy atom. The van der Waals surface area contributed by atoms with Gasteiger partial charge in [0, 0.05) is 28.8 Å². The van der Waals surface area contributed by atoms with Crippen LogP contribution in [0.25, 0.3) is 0 Å². The molecule has 4 nitrogen and oxygen atoms in total. The first kappa shape index (κ1) is 17.0. The molecule has 30 heavy (non-hydrogen) atoms. The summed E-state index contributed by atoms with van der Waals surface area (Å²) in [5.74, 6) is 0.182. The van der Waals surface area contributed by atoms with Crippen LogP contribution in [0.1, 0.15) is 22.3 Å². The van der Waals surface area contributed by atoms with Gasteiger partial charge in [0.05, 0.1) is 0 Å². The number of hydrogen-bond acceptors (Lipinski definition) is 4. The molecular weight excluding hydrogens is 376 g/mol. The van der Waals surface area contributed by atoms with Crippen molar-refractivity contribution in [3.63, 3.8) is 0 Å². The minimum absolute atomic E-state index is 0.131. The lowest BCUT2D eigenvalue weighted by Gasteiger charge is -2.38. The minimum Gasteiger partial charge on any atom is -0.508 e. The van der Waals surface area contributed by atoms with E-state index in [2.05, 4.69) is 12.1 Å². The van der Waals surface area contributed by atoms with E-state index in [1.807, 2.05) is 60.7 Å². The van der Waals surface area contributed by atoms with Crippen LogP contribution >= 0.6 is 0 Å². The highest BCUT2D eigenvalue weighted by atomic mass is 16.7. The average Bonchev–Trinajstić information content (AvgIpc) is 3.21. The predicted octanol–water partition coefficient (Wildman–Crippen LogP) is 5.07. The molecule has 0 unspecified atom stereocenters. The molecule has 4 heteroatoms. The van der Waals surface area contributed by atoms with Crippen molar-refractivity contribution in [3.05, 3.63) is 119 Å². The molecular formula is C26H18O4. The summed E-state index contributed by atoms with van der Waals surface area (Å²) in [5, 5.41) is 20.3. The van der Waals surface area contributed by atoms with Gasteiger partial charge in [-0.3, -0.25) is 0 Å². The zero-order valence-corrected chi connectivity index (χ0v) is 15.9. The van der Waals surface area contributed by atoms with E-state index in [-0.39, 0.29) is 11.5 Å². The zero-order chi connectivity index (χ0) is 20.3. The maximum Gasteiger partial charge on any atom is 0.296 e. The first-order chi connectivity index (χ1) is 14.6. The van der Waals surface area contributed by atoms with Crippen molar-refractivity contribution in [2.75, 3.05) is 0 Å².